The van der Waals surface area contributed by atoms with E-state index in [0.29, 0.717) is 18.7 Å². The number of aromatic nitrogens is 3. The number of hydrogen-bond donors (Lipinski definition) is 1. The largest absolute Gasteiger partial charge is 0.351 e. The van der Waals surface area contributed by atoms with Crippen LogP contribution >= 0.6 is 11.5 Å². The van der Waals surface area contributed by atoms with E-state index >= 15 is 0 Å². The van der Waals surface area contributed by atoms with Crippen LogP contribution in [-0.2, 0) is 11.2 Å². The minimum absolute atomic E-state index is 0.142. The fourth-order valence-electron chi connectivity index (χ4n) is 4.21. The van der Waals surface area contributed by atoms with Crippen LogP contribution in [0.25, 0.3) is 0 Å². The second kappa shape index (κ2) is 10.5. The molecular formula is C24H27N5O2S. The van der Waals surface area contributed by atoms with E-state index in [2.05, 4.69) is 38.9 Å². The summed E-state index contributed by atoms with van der Waals surface area (Å²) in [6.45, 7) is 2.41. The molecule has 1 aliphatic rings. The third-order valence-electron chi connectivity index (χ3n) is 5.95. The van der Waals surface area contributed by atoms with E-state index in [0.717, 1.165) is 48.3 Å². The number of benzene rings is 1. The quantitative estimate of drug-likeness (QED) is 0.566. The van der Waals surface area contributed by atoms with Crippen LogP contribution in [0.15, 0.2) is 54.0 Å². The minimum atomic E-state index is -0.838. The van der Waals surface area contributed by atoms with Crippen molar-refractivity contribution in [1.29, 1.82) is 0 Å². The van der Waals surface area contributed by atoms with Crippen molar-refractivity contribution in [2.45, 2.75) is 51.1 Å². The van der Waals surface area contributed by atoms with Gasteiger partial charge in [0.05, 0.1) is 5.69 Å². The first-order valence-corrected chi connectivity index (χ1v) is 11.8. The van der Waals surface area contributed by atoms with Gasteiger partial charge < -0.3 is 10.2 Å². The summed E-state index contributed by atoms with van der Waals surface area (Å²) in [7, 11) is 0. The normalized spacial score (nSPS) is 14.8. The molecule has 0 radical (unpaired) electrons. The fraction of sp³-hybridized carbons (Fsp3) is 0.375. The molecule has 8 heteroatoms. The van der Waals surface area contributed by atoms with Crippen LogP contribution in [0, 0.1) is 6.92 Å². The molecule has 7 nitrogen and oxygen atoms in total. The number of hydrogen-bond acceptors (Lipinski definition) is 6. The lowest BCUT2D eigenvalue weighted by Crippen LogP contribution is -2.47. The van der Waals surface area contributed by atoms with Gasteiger partial charge >= 0.3 is 0 Å². The third-order valence-corrected chi connectivity index (χ3v) is 6.46. The molecule has 32 heavy (non-hydrogen) atoms. The van der Waals surface area contributed by atoms with Crippen LogP contribution in [0.5, 0.6) is 0 Å². The van der Waals surface area contributed by atoms with Crippen molar-refractivity contribution in [3.05, 3.63) is 76.6 Å². The van der Waals surface area contributed by atoms with Crippen LogP contribution in [-0.4, -0.2) is 43.9 Å². The van der Waals surface area contributed by atoms with Crippen LogP contribution in [0.1, 0.15) is 59.0 Å². The molecule has 1 aromatic carbocycles. The average Bonchev–Trinajstić information content (AvgIpc) is 3.52. The Morgan fingerprint density at radius 3 is 2.62 bits per heavy atom. The number of nitrogens with zero attached hydrogens (tertiary/aromatic N) is 4. The van der Waals surface area contributed by atoms with Gasteiger partial charge in [-0.05, 0) is 61.0 Å². The smallest absolute Gasteiger partial charge is 0.276 e. The second-order valence-electron chi connectivity index (χ2n) is 8.11. The van der Waals surface area contributed by atoms with Gasteiger partial charge in [0.1, 0.15) is 0 Å². The molecule has 166 valence electrons. The van der Waals surface area contributed by atoms with E-state index in [1.54, 1.807) is 28.6 Å². The van der Waals surface area contributed by atoms with Gasteiger partial charge in [0.25, 0.3) is 5.91 Å². The molecule has 2 amide bonds. The first kappa shape index (κ1) is 22.1. The predicted octanol–water partition coefficient (Wildman–Crippen LogP) is 3.73. The molecule has 0 bridgehead atoms. The maximum atomic E-state index is 13.5. The lowest BCUT2D eigenvalue weighted by molar-refractivity contribution is -0.126. The summed E-state index contributed by atoms with van der Waals surface area (Å²) in [5, 5.41) is 8.75. The van der Waals surface area contributed by atoms with Crippen LogP contribution in [0.4, 0.5) is 0 Å². The SMILES string of the molecule is Cc1ccccc1CCN(C(=O)c1csnn1)[C@H](C(=O)NC1CCCC1)c1ccccn1. The molecule has 0 aliphatic heterocycles. The highest BCUT2D eigenvalue weighted by Gasteiger charge is 2.35. The van der Waals surface area contributed by atoms with Crippen LogP contribution in [0.3, 0.4) is 0 Å². The van der Waals surface area contributed by atoms with Gasteiger partial charge in [-0.3, -0.25) is 14.6 Å². The Labute approximate surface area is 192 Å². The lowest BCUT2D eigenvalue weighted by atomic mass is 10.0. The summed E-state index contributed by atoms with van der Waals surface area (Å²) in [6.07, 6.45) is 6.43. The molecule has 2 aromatic heterocycles. The Balaban J connectivity index is 1.67. The Morgan fingerprint density at radius 1 is 1.16 bits per heavy atom. The highest BCUT2D eigenvalue weighted by molar-refractivity contribution is 7.03. The summed E-state index contributed by atoms with van der Waals surface area (Å²) < 4.78 is 3.85. The topological polar surface area (TPSA) is 88.1 Å². The lowest BCUT2D eigenvalue weighted by Gasteiger charge is -2.31. The number of aryl methyl sites for hydroxylation is 1. The number of carbonyl (C=O) groups excluding carboxylic acids is 2. The van der Waals surface area contributed by atoms with Gasteiger partial charge in [0, 0.05) is 24.2 Å². The Morgan fingerprint density at radius 2 is 1.94 bits per heavy atom. The molecule has 1 fully saturated rings. The van der Waals surface area contributed by atoms with E-state index in [1.807, 2.05) is 18.2 Å². The van der Waals surface area contributed by atoms with Crippen molar-refractivity contribution in [2.75, 3.05) is 6.54 Å². The Bertz CT molecular complexity index is 1040. The fourth-order valence-corrected chi connectivity index (χ4v) is 4.64. The molecule has 1 saturated carbocycles. The Hall–Kier alpha value is -3.13. The molecule has 1 atom stereocenters. The van der Waals surface area contributed by atoms with Crippen molar-refractivity contribution in [2.24, 2.45) is 0 Å². The minimum Gasteiger partial charge on any atom is -0.351 e. The van der Waals surface area contributed by atoms with E-state index in [1.165, 1.54) is 0 Å². The van der Waals surface area contributed by atoms with Gasteiger partial charge in [0.2, 0.25) is 5.91 Å². The molecule has 0 unspecified atom stereocenters. The first-order chi connectivity index (χ1) is 15.6. The summed E-state index contributed by atoms with van der Waals surface area (Å²) in [5.74, 6) is -0.513. The highest BCUT2D eigenvalue weighted by Crippen LogP contribution is 2.25. The van der Waals surface area contributed by atoms with Crippen molar-refractivity contribution in [1.82, 2.24) is 24.8 Å². The number of pyridine rings is 1. The molecule has 3 aromatic rings. The van der Waals surface area contributed by atoms with Crippen LogP contribution < -0.4 is 5.32 Å². The number of carbonyl (C=O) groups is 2. The molecule has 1 N–H and O–H groups in total. The maximum Gasteiger partial charge on any atom is 0.276 e. The summed E-state index contributed by atoms with van der Waals surface area (Å²) >= 11 is 1.12. The molecule has 2 heterocycles. The second-order valence-corrected chi connectivity index (χ2v) is 8.72. The zero-order valence-corrected chi connectivity index (χ0v) is 18.9. The van der Waals surface area contributed by atoms with E-state index in [9.17, 15) is 9.59 Å². The van der Waals surface area contributed by atoms with Gasteiger partial charge in [0.15, 0.2) is 11.7 Å². The molecular weight excluding hydrogens is 422 g/mol. The summed E-state index contributed by atoms with van der Waals surface area (Å²) in [5.41, 5.74) is 3.08. The van der Waals surface area contributed by atoms with Crippen molar-refractivity contribution in [3.8, 4) is 0 Å². The maximum absolute atomic E-state index is 13.5. The van der Waals surface area contributed by atoms with E-state index in [4.69, 9.17) is 0 Å². The number of rotatable bonds is 8. The summed E-state index contributed by atoms with van der Waals surface area (Å²) in [6, 6.07) is 12.8. The van der Waals surface area contributed by atoms with Gasteiger partial charge in [-0.1, -0.05) is 47.7 Å². The standard InChI is InChI=1S/C24H27N5O2S/c1-17-8-2-3-9-18(17)13-15-29(24(31)21-16-32-28-27-21)22(20-12-6-7-14-25-20)23(30)26-19-10-4-5-11-19/h2-3,6-9,12,14,16,19,22H,4-5,10-11,13,15H2,1H3,(H,26,30)/t22-/m0/s1. The van der Waals surface area contributed by atoms with Gasteiger partial charge in [-0.25, -0.2) is 0 Å². The number of nitrogens with one attached hydrogen (secondary N) is 1. The molecule has 4 rings (SSSR count). The first-order valence-electron chi connectivity index (χ1n) is 11.0. The monoisotopic (exact) mass is 449 g/mol. The Kier molecular flexibility index (Phi) is 7.21. The molecule has 0 saturated heterocycles. The summed E-state index contributed by atoms with van der Waals surface area (Å²) in [4.78, 5) is 33.0. The predicted molar refractivity (Wildman–Crippen MR) is 123 cm³/mol. The van der Waals surface area contributed by atoms with Gasteiger partial charge in [-0.2, -0.15) is 0 Å². The van der Waals surface area contributed by atoms with Crippen LogP contribution in [0.2, 0.25) is 0 Å². The zero-order chi connectivity index (χ0) is 22.3. The van der Waals surface area contributed by atoms with Crippen molar-refractivity contribution < 1.29 is 9.59 Å². The number of amides is 2. The van der Waals surface area contributed by atoms with Gasteiger partial charge in [-0.15, -0.1) is 5.10 Å². The van der Waals surface area contributed by atoms with E-state index in [-0.39, 0.29) is 23.6 Å². The molecule has 1 aliphatic carbocycles. The van der Waals surface area contributed by atoms with E-state index < -0.39 is 6.04 Å². The molecule has 0 spiro atoms. The average molecular weight is 450 g/mol. The highest BCUT2D eigenvalue weighted by atomic mass is 32.1. The van der Waals surface area contributed by atoms with Crippen molar-refractivity contribution in [3.63, 3.8) is 0 Å². The zero-order valence-electron chi connectivity index (χ0n) is 18.1. The van der Waals surface area contributed by atoms with Crippen molar-refractivity contribution >= 4 is 23.3 Å². The third kappa shape index (κ3) is 5.19.